The average molecular weight is 258 g/mol. The minimum absolute atomic E-state index is 0.753. The van der Waals surface area contributed by atoms with Crippen molar-refractivity contribution in [3.05, 3.63) is 47.0 Å². The van der Waals surface area contributed by atoms with Crippen molar-refractivity contribution in [1.29, 1.82) is 0 Å². The first kappa shape index (κ1) is 14.3. The Labute approximate surface area is 117 Å². The zero-order valence-corrected chi connectivity index (χ0v) is 12.3. The first-order valence-electron chi connectivity index (χ1n) is 7.58. The van der Waals surface area contributed by atoms with Gasteiger partial charge in [-0.3, -0.25) is 0 Å². The van der Waals surface area contributed by atoms with Gasteiger partial charge in [0.2, 0.25) is 0 Å². The fraction of sp³-hybridized carbons (Fsp3) is 0.556. The van der Waals surface area contributed by atoms with Crippen molar-refractivity contribution in [2.45, 2.75) is 52.6 Å². The van der Waals surface area contributed by atoms with E-state index in [1.807, 2.05) is 6.07 Å². The summed E-state index contributed by atoms with van der Waals surface area (Å²) in [6.07, 6.45) is 6.39. The molecule has 104 valence electrons. The highest BCUT2D eigenvalue weighted by Gasteiger charge is 2.17. The minimum Gasteiger partial charge on any atom is -0.377 e. The SMILES string of the molecule is CCC1=C(C)CC[C@H](CCOCc2ccccc2)C1. The number of hydrogen-bond acceptors (Lipinski definition) is 1. The lowest BCUT2D eigenvalue weighted by Crippen LogP contribution is -2.12. The second kappa shape index (κ2) is 7.49. The molecule has 0 spiro atoms. The van der Waals surface area contributed by atoms with Crippen molar-refractivity contribution < 1.29 is 4.74 Å². The summed E-state index contributed by atoms with van der Waals surface area (Å²) in [4.78, 5) is 0. The fourth-order valence-electron chi connectivity index (χ4n) is 2.93. The lowest BCUT2D eigenvalue weighted by molar-refractivity contribution is 0.105. The first-order chi connectivity index (χ1) is 9.29. The van der Waals surface area contributed by atoms with Crippen LogP contribution in [0.3, 0.4) is 0 Å². The van der Waals surface area contributed by atoms with Crippen LogP contribution < -0.4 is 0 Å². The average Bonchev–Trinajstić information content (AvgIpc) is 2.46. The van der Waals surface area contributed by atoms with Gasteiger partial charge in [-0.1, -0.05) is 48.4 Å². The molecule has 0 radical (unpaired) electrons. The largest absolute Gasteiger partial charge is 0.377 e. The molecule has 1 aromatic rings. The van der Waals surface area contributed by atoms with Crippen molar-refractivity contribution >= 4 is 0 Å². The Morgan fingerprint density at radius 3 is 2.74 bits per heavy atom. The van der Waals surface area contributed by atoms with Crippen LogP contribution in [0.4, 0.5) is 0 Å². The summed E-state index contributed by atoms with van der Waals surface area (Å²) in [5.41, 5.74) is 4.61. The molecule has 1 nitrogen and oxygen atoms in total. The van der Waals surface area contributed by atoms with Gasteiger partial charge in [-0.15, -0.1) is 0 Å². The summed E-state index contributed by atoms with van der Waals surface area (Å²) in [6.45, 7) is 6.24. The van der Waals surface area contributed by atoms with E-state index in [4.69, 9.17) is 4.74 Å². The van der Waals surface area contributed by atoms with Gasteiger partial charge in [0, 0.05) is 6.61 Å². The van der Waals surface area contributed by atoms with Crippen molar-refractivity contribution in [2.75, 3.05) is 6.61 Å². The van der Waals surface area contributed by atoms with Gasteiger partial charge in [0.05, 0.1) is 6.61 Å². The van der Waals surface area contributed by atoms with Crippen LogP contribution in [-0.2, 0) is 11.3 Å². The van der Waals surface area contributed by atoms with Gasteiger partial charge in [-0.05, 0) is 50.5 Å². The van der Waals surface area contributed by atoms with Crippen LogP contribution >= 0.6 is 0 Å². The summed E-state index contributed by atoms with van der Waals surface area (Å²) in [7, 11) is 0. The monoisotopic (exact) mass is 258 g/mol. The molecule has 2 rings (SSSR count). The molecule has 0 N–H and O–H groups in total. The lowest BCUT2D eigenvalue weighted by atomic mass is 9.82. The number of ether oxygens (including phenoxy) is 1. The molecule has 0 amide bonds. The van der Waals surface area contributed by atoms with Crippen molar-refractivity contribution in [1.82, 2.24) is 0 Å². The smallest absolute Gasteiger partial charge is 0.0716 e. The number of hydrogen-bond donors (Lipinski definition) is 0. The van der Waals surface area contributed by atoms with Gasteiger partial charge in [0.1, 0.15) is 0 Å². The van der Waals surface area contributed by atoms with Crippen LogP contribution in [0.25, 0.3) is 0 Å². The van der Waals surface area contributed by atoms with Gasteiger partial charge in [0.15, 0.2) is 0 Å². The quantitative estimate of drug-likeness (QED) is 0.508. The van der Waals surface area contributed by atoms with Crippen LogP contribution in [0, 0.1) is 5.92 Å². The van der Waals surface area contributed by atoms with Gasteiger partial charge in [-0.2, -0.15) is 0 Å². The number of benzene rings is 1. The summed E-state index contributed by atoms with van der Waals surface area (Å²) in [5.74, 6) is 0.842. The second-order valence-corrected chi connectivity index (χ2v) is 5.67. The van der Waals surface area contributed by atoms with Gasteiger partial charge in [-0.25, -0.2) is 0 Å². The zero-order chi connectivity index (χ0) is 13.5. The molecular weight excluding hydrogens is 232 g/mol. The third kappa shape index (κ3) is 4.50. The Morgan fingerprint density at radius 1 is 1.21 bits per heavy atom. The number of allylic oxidation sites excluding steroid dienone is 2. The van der Waals surface area contributed by atoms with Crippen LogP contribution in [-0.4, -0.2) is 6.61 Å². The minimum atomic E-state index is 0.753. The van der Waals surface area contributed by atoms with E-state index in [1.54, 1.807) is 11.1 Å². The van der Waals surface area contributed by atoms with E-state index >= 15 is 0 Å². The Bertz CT molecular complexity index is 405. The third-order valence-corrected chi connectivity index (χ3v) is 4.27. The van der Waals surface area contributed by atoms with E-state index in [0.717, 1.165) is 19.1 Å². The maximum atomic E-state index is 5.80. The molecule has 1 atom stereocenters. The molecular formula is C18H26O. The van der Waals surface area contributed by atoms with Crippen LogP contribution in [0.1, 0.15) is 51.5 Å². The van der Waals surface area contributed by atoms with Gasteiger partial charge in [0.25, 0.3) is 0 Å². The highest BCUT2D eigenvalue weighted by atomic mass is 16.5. The molecule has 0 fully saturated rings. The Kier molecular flexibility index (Phi) is 5.65. The Balaban J connectivity index is 1.67. The molecule has 0 bridgehead atoms. The molecule has 0 saturated heterocycles. The molecule has 0 heterocycles. The van der Waals surface area contributed by atoms with Gasteiger partial charge < -0.3 is 4.74 Å². The number of rotatable bonds is 6. The zero-order valence-electron chi connectivity index (χ0n) is 12.3. The maximum Gasteiger partial charge on any atom is 0.0716 e. The van der Waals surface area contributed by atoms with E-state index < -0.39 is 0 Å². The van der Waals surface area contributed by atoms with E-state index in [9.17, 15) is 0 Å². The molecule has 1 aliphatic rings. The molecule has 19 heavy (non-hydrogen) atoms. The highest BCUT2D eigenvalue weighted by molar-refractivity contribution is 5.15. The van der Waals surface area contributed by atoms with Crippen LogP contribution in [0.15, 0.2) is 41.5 Å². The fourth-order valence-corrected chi connectivity index (χ4v) is 2.93. The van der Waals surface area contributed by atoms with Crippen molar-refractivity contribution in [3.63, 3.8) is 0 Å². The third-order valence-electron chi connectivity index (χ3n) is 4.27. The highest BCUT2D eigenvalue weighted by Crippen LogP contribution is 2.32. The molecule has 1 aromatic carbocycles. The van der Waals surface area contributed by atoms with Crippen LogP contribution in [0.2, 0.25) is 0 Å². The van der Waals surface area contributed by atoms with E-state index in [-0.39, 0.29) is 0 Å². The van der Waals surface area contributed by atoms with E-state index in [2.05, 4.69) is 38.1 Å². The summed E-state index contributed by atoms with van der Waals surface area (Å²) >= 11 is 0. The second-order valence-electron chi connectivity index (χ2n) is 5.67. The molecule has 1 heteroatoms. The topological polar surface area (TPSA) is 9.23 Å². The molecule has 0 unspecified atom stereocenters. The molecule has 0 aliphatic heterocycles. The first-order valence-corrected chi connectivity index (χ1v) is 7.58. The predicted molar refractivity (Wildman–Crippen MR) is 81.0 cm³/mol. The summed E-state index contributed by atoms with van der Waals surface area (Å²) in [5, 5.41) is 0. The van der Waals surface area contributed by atoms with E-state index in [1.165, 1.54) is 37.7 Å². The summed E-state index contributed by atoms with van der Waals surface area (Å²) in [6, 6.07) is 10.4. The Hall–Kier alpha value is -1.08. The molecule has 1 aliphatic carbocycles. The van der Waals surface area contributed by atoms with E-state index in [0.29, 0.717) is 0 Å². The molecule has 0 saturated carbocycles. The Morgan fingerprint density at radius 2 is 2.00 bits per heavy atom. The maximum absolute atomic E-state index is 5.80. The van der Waals surface area contributed by atoms with Crippen molar-refractivity contribution in [2.24, 2.45) is 5.92 Å². The van der Waals surface area contributed by atoms with Crippen molar-refractivity contribution in [3.8, 4) is 0 Å². The standard InChI is InChI=1S/C18H26O/c1-3-18-13-16(10-9-15(18)2)11-12-19-14-17-7-5-4-6-8-17/h4-8,16H,3,9-14H2,1-2H3/t16-/m1/s1. The summed E-state index contributed by atoms with van der Waals surface area (Å²) < 4.78 is 5.80. The predicted octanol–water partition coefficient (Wildman–Crippen LogP) is 5.12. The molecule has 0 aromatic heterocycles. The van der Waals surface area contributed by atoms with Gasteiger partial charge >= 0.3 is 0 Å². The normalized spacial score (nSPS) is 19.8. The lowest BCUT2D eigenvalue weighted by Gasteiger charge is -2.25. The van der Waals surface area contributed by atoms with Crippen LogP contribution in [0.5, 0.6) is 0 Å².